The second kappa shape index (κ2) is 6.52. The molecule has 1 aliphatic rings. The van der Waals surface area contributed by atoms with E-state index in [2.05, 4.69) is 10.1 Å². The van der Waals surface area contributed by atoms with Gasteiger partial charge >= 0.3 is 6.03 Å². The number of nitrogens with zero attached hydrogens (tertiary/aromatic N) is 5. The van der Waals surface area contributed by atoms with E-state index >= 15 is 0 Å². The lowest BCUT2D eigenvalue weighted by Gasteiger charge is -2.24. The third-order valence-electron chi connectivity index (χ3n) is 3.44. The van der Waals surface area contributed by atoms with Crippen molar-refractivity contribution in [1.29, 1.82) is 0 Å². The van der Waals surface area contributed by atoms with E-state index < -0.39 is 10.0 Å². The molecule has 2 heterocycles. The third kappa shape index (κ3) is 3.41. The fourth-order valence-electron chi connectivity index (χ4n) is 2.28. The Morgan fingerprint density at radius 1 is 1.33 bits per heavy atom. The van der Waals surface area contributed by atoms with Gasteiger partial charge in [-0.2, -0.15) is 8.99 Å². The highest BCUT2D eigenvalue weighted by Crippen LogP contribution is 2.17. The van der Waals surface area contributed by atoms with Crippen LogP contribution in [0, 0.1) is 0 Å². The molecule has 9 heteroatoms. The summed E-state index contributed by atoms with van der Waals surface area (Å²) in [6.45, 7) is 3.51. The van der Waals surface area contributed by atoms with Crippen molar-refractivity contribution < 1.29 is 13.2 Å². The van der Waals surface area contributed by atoms with Gasteiger partial charge < -0.3 is 4.90 Å². The number of aromatic nitrogens is 3. The quantitative estimate of drug-likeness (QED) is 0.818. The van der Waals surface area contributed by atoms with Crippen LogP contribution in [0.25, 0.3) is 0 Å². The summed E-state index contributed by atoms with van der Waals surface area (Å²) in [5, 5.41) is 3.54. The summed E-state index contributed by atoms with van der Waals surface area (Å²) < 4.78 is 27.1. The minimum absolute atomic E-state index is 0.303. The monoisotopic (exact) mass is 315 g/mol. The third-order valence-corrected chi connectivity index (χ3v) is 5.13. The first-order valence-electron chi connectivity index (χ1n) is 7.14. The lowest BCUT2D eigenvalue weighted by atomic mass is 10.2. The highest BCUT2D eigenvalue weighted by Gasteiger charge is 2.30. The fourth-order valence-corrected chi connectivity index (χ4v) is 3.63. The van der Waals surface area contributed by atoms with E-state index in [0.717, 1.165) is 36.7 Å². The molecule has 1 fully saturated rings. The zero-order valence-electron chi connectivity index (χ0n) is 12.4. The Balaban J connectivity index is 2.17. The Kier molecular flexibility index (Phi) is 4.94. The van der Waals surface area contributed by atoms with Crippen molar-refractivity contribution in [2.45, 2.75) is 37.8 Å². The summed E-state index contributed by atoms with van der Waals surface area (Å²) in [4.78, 5) is 17.3. The number of hydrogen-bond acceptors (Lipinski definition) is 5. The molecule has 0 atom stereocenters. The number of piperidine rings is 1. The maximum Gasteiger partial charge on any atom is 0.345 e. The van der Waals surface area contributed by atoms with Crippen molar-refractivity contribution in [1.82, 2.24) is 24.0 Å². The van der Waals surface area contributed by atoms with Gasteiger partial charge in [0.05, 0.1) is 0 Å². The van der Waals surface area contributed by atoms with Crippen LogP contribution in [0.4, 0.5) is 4.79 Å². The molecule has 0 unspecified atom stereocenters. The predicted molar refractivity (Wildman–Crippen MR) is 76.3 cm³/mol. The molecule has 0 spiro atoms. The van der Waals surface area contributed by atoms with E-state index in [1.54, 1.807) is 7.05 Å². The van der Waals surface area contributed by atoms with Crippen LogP contribution in [0.15, 0.2) is 11.5 Å². The van der Waals surface area contributed by atoms with E-state index in [9.17, 15) is 13.2 Å². The smallest absolute Gasteiger partial charge is 0.326 e. The number of amides is 1. The van der Waals surface area contributed by atoms with Crippen LogP contribution in [0.3, 0.4) is 0 Å². The van der Waals surface area contributed by atoms with Crippen molar-refractivity contribution >= 4 is 16.1 Å². The lowest BCUT2D eigenvalue weighted by molar-refractivity contribution is 0.207. The van der Waals surface area contributed by atoms with Crippen LogP contribution in [0.2, 0.25) is 0 Å². The van der Waals surface area contributed by atoms with Gasteiger partial charge in [0.2, 0.25) is 0 Å². The van der Waals surface area contributed by atoms with Crippen molar-refractivity contribution in [2.24, 2.45) is 0 Å². The van der Waals surface area contributed by atoms with E-state index in [4.69, 9.17) is 0 Å². The summed E-state index contributed by atoms with van der Waals surface area (Å²) in [6, 6.07) is -0.385. The van der Waals surface area contributed by atoms with Crippen molar-refractivity contribution in [3.05, 3.63) is 6.33 Å². The molecule has 1 amide bonds. The molecule has 2 rings (SSSR count). The Labute approximate surface area is 124 Å². The van der Waals surface area contributed by atoms with Crippen LogP contribution in [0.1, 0.15) is 32.6 Å². The summed E-state index contributed by atoms with van der Waals surface area (Å²) in [5.74, 6) is 0. The van der Waals surface area contributed by atoms with E-state index in [1.165, 1.54) is 9.21 Å². The Bertz CT molecular complexity index is 592. The van der Waals surface area contributed by atoms with Gasteiger partial charge in [-0.05, 0) is 19.3 Å². The minimum Gasteiger partial charge on any atom is -0.326 e. The van der Waals surface area contributed by atoms with Gasteiger partial charge in [0.25, 0.3) is 15.2 Å². The molecule has 118 valence electrons. The molecule has 0 radical (unpaired) electrons. The maximum absolute atomic E-state index is 12.4. The Hall–Kier alpha value is -1.48. The zero-order chi connectivity index (χ0) is 15.5. The Morgan fingerprint density at radius 2 is 2.00 bits per heavy atom. The molecule has 1 aliphatic heterocycles. The van der Waals surface area contributed by atoms with Crippen LogP contribution < -0.4 is 0 Å². The second-order valence-electron chi connectivity index (χ2n) is 5.14. The minimum atomic E-state index is -3.69. The molecule has 0 N–H and O–H groups in total. The number of hydrogen-bond donors (Lipinski definition) is 0. The average molecular weight is 315 g/mol. The Morgan fingerprint density at radius 3 is 2.62 bits per heavy atom. The van der Waals surface area contributed by atoms with Crippen LogP contribution in [0.5, 0.6) is 0 Å². The number of carbonyl (C=O) groups is 1. The standard InChI is InChI=1S/C12H21N5O3S/c1-3-7-15(2)12(18)17-10-13-11(14-17)21(19,20)16-8-5-4-6-9-16/h10H,3-9H2,1-2H3. The molecule has 0 bridgehead atoms. The largest absolute Gasteiger partial charge is 0.345 e. The number of sulfonamides is 1. The topological polar surface area (TPSA) is 88.4 Å². The van der Waals surface area contributed by atoms with Gasteiger partial charge in [0.1, 0.15) is 6.33 Å². The maximum atomic E-state index is 12.4. The van der Waals surface area contributed by atoms with Crippen molar-refractivity contribution in [3.8, 4) is 0 Å². The van der Waals surface area contributed by atoms with Crippen molar-refractivity contribution in [2.75, 3.05) is 26.7 Å². The lowest BCUT2D eigenvalue weighted by Crippen LogP contribution is -2.36. The number of carbonyl (C=O) groups excluding carboxylic acids is 1. The molecule has 0 saturated carbocycles. The fraction of sp³-hybridized carbons (Fsp3) is 0.750. The first kappa shape index (κ1) is 15.9. The zero-order valence-corrected chi connectivity index (χ0v) is 13.2. The second-order valence-corrected chi connectivity index (χ2v) is 6.97. The molecule has 1 aromatic heterocycles. The predicted octanol–water partition coefficient (Wildman–Crippen LogP) is 0.763. The van der Waals surface area contributed by atoms with Gasteiger partial charge in [-0.15, -0.1) is 5.10 Å². The summed E-state index contributed by atoms with van der Waals surface area (Å²) in [7, 11) is -2.05. The van der Waals surface area contributed by atoms with Crippen LogP contribution in [-0.4, -0.2) is 65.1 Å². The molecular weight excluding hydrogens is 294 g/mol. The molecule has 1 aromatic rings. The normalized spacial score (nSPS) is 16.9. The molecule has 0 aliphatic carbocycles. The van der Waals surface area contributed by atoms with Gasteiger partial charge in [-0.25, -0.2) is 18.2 Å². The van der Waals surface area contributed by atoms with E-state index in [1.807, 2.05) is 6.92 Å². The number of rotatable bonds is 4. The highest BCUT2D eigenvalue weighted by molar-refractivity contribution is 7.88. The summed E-state index contributed by atoms with van der Waals surface area (Å²) in [6.07, 6.45) is 4.70. The average Bonchev–Trinajstić information content (AvgIpc) is 2.98. The van der Waals surface area contributed by atoms with Crippen LogP contribution >= 0.6 is 0 Å². The molecule has 8 nitrogen and oxygen atoms in total. The van der Waals surface area contributed by atoms with Gasteiger partial charge in [0, 0.05) is 26.7 Å². The van der Waals surface area contributed by atoms with Gasteiger partial charge in [-0.3, -0.25) is 0 Å². The first-order chi connectivity index (χ1) is 9.96. The van der Waals surface area contributed by atoms with Crippen LogP contribution in [-0.2, 0) is 10.0 Å². The van der Waals surface area contributed by atoms with E-state index in [0.29, 0.717) is 19.6 Å². The van der Waals surface area contributed by atoms with Gasteiger partial charge in [0.15, 0.2) is 0 Å². The van der Waals surface area contributed by atoms with Gasteiger partial charge in [-0.1, -0.05) is 13.3 Å². The van der Waals surface area contributed by atoms with E-state index in [-0.39, 0.29) is 11.2 Å². The molecule has 1 saturated heterocycles. The SMILES string of the molecule is CCCN(C)C(=O)n1cnc(S(=O)(=O)N2CCCCC2)n1. The molecule has 21 heavy (non-hydrogen) atoms. The summed E-state index contributed by atoms with van der Waals surface area (Å²) in [5.41, 5.74) is 0. The van der Waals surface area contributed by atoms with Crippen molar-refractivity contribution in [3.63, 3.8) is 0 Å². The molecule has 0 aromatic carbocycles. The first-order valence-corrected chi connectivity index (χ1v) is 8.58. The summed E-state index contributed by atoms with van der Waals surface area (Å²) >= 11 is 0. The highest BCUT2D eigenvalue weighted by atomic mass is 32.2. The molecular formula is C12H21N5O3S.